The standard InChI is InChI=1S/C11H22N2O/c1-9-8-14-6-5-13(9)11-4-3-10(7-11)12-2/h9-12H,3-8H2,1-2H3. The molecule has 0 radical (unpaired) electrons. The van der Waals surface area contributed by atoms with E-state index in [0.717, 1.165) is 31.8 Å². The van der Waals surface area contributed by atoms with Crippen LogP contribution in [0, 0.1) is 0 Å². The van der Waals surface area contributed by atoms with Crippen molar-refractivity contribution in [2.75, 3.05) is 26.8 Å². The Bertz CT molecular complexity index is 186. The summed E-state index contributed by atoms with van der Waals surface area (Å²) in [4.78, 5) is 2.64. The van der Waals surface area contributed by atoms with Crippen LogP contribution in [-0.2, 0) is 4.74 Å². The Morgan fingerprint density at radius 1 is 1.36 bits per heavy atom. The highest BCUT2D eigenvalue weighted by Crippen LogP contribution is 2.26. The van der Waals surface area contributed by atoms with Crippen molar-refractivity contribution >= 4 is 0 Å². The van der Waals surface area contributed by atoms with Crippen LogP contribution in [0.3, 0.4) is 0 Å². The molecule has 82 valence electrons. The average Bonchev–Trinajstić information content (AvgIpc) is 2.67. The van der Waals surface area contributed by atoms with Crippen molar-refractivity contribution in [3.8, 4) is 0 Å². The molecular weight excluding hydrogens is 176 g/mol. The van der Waals surface area contributed by atoms with E-state index in [1.807, 2.05) is 0 Å². The summed E-state index contributed by atoms with van der Waals surface area (Å²) in [6, 6.07) is 2.16. The molecule has 0 aromatic heterocycles. The molecule has 1 aliphatic heterocycles. The van der Waals surface area contributed by atoms with E-state index in [1.165, 1.54) is 19.3 Å². The summed E-state index contributed by atoms with van der Waals surface area (Å²) in [5.41, 5.74) is 0. The van der Waals surface area contributed by atoms with Gasteiger partial charge in [0.15, 0.2) is 0 Å². The Hall–Kier alpha value is -0.120. The molecule has 3 unspecified atom stereocenters. The first kappa shape index (κ1) is 10.4. The van der Waals surface area contributed by atoms with Crippen molar-refractivity contribution in [3.63, 3.8) is 0 Å². The summed E-state index contributed by atoms with van der Waals surface area (Å²) >= 11 is 0. The Balaban J connectivity index is 1.88. The lowest BCUT2D eigenvalue weighted by Gasteiger charge is -2.37. The van der Waals surface area contributed by atoms with Crippen LogP contribution in [0.4, 0.5) is 0 Å². The molecule has 1 aliphatic carbocycles. The maximum absolute atomic E-state index is 5.47. The molecule has 14 heavy (non-hydrogen) atoms. The zero-order valence-electron chi connectivity index (χ0n) is 9.33. The van der Waals surface area contributed by atoms with Gasteiger partial charge >= 0.3 is 0 Å². The molecule has 0 aromatic carbocycles. The van der Waals surface area contributed by atoms with Gasteiger partial charge in [-0.15, -0.1) is 0 Å². The van der Waals surface area contributed by atoms with Gasteiger partial charge in [0.2, 0.25) is 0 Å². The van der Waals surface area contributed by atoms with E-state index in [-0.39, 0.29) is 0 Å². The lowest BCUT2D eigenvalue weighted by Crippen LogP contribution is -2.48. The third-order valence-corrected chi connectivity index (χ3v) is 3.70. The van der Waals surface area contributed by atoms with E-state index >= 15 is 0 Å². The van der Waals surface area contributed by atoms with Crippen molar-refractivity contribution in [2.24, 2.45) is 0 Å². The summed E-state index contributed by atoms with van der Waals surface area (Å²) < 4.78 is 5.47. The van der Waals surface area contributed by atoms with Gasteiger partial charge < -0.3 is 10.1 Å². The predicted octanol–water partition coefficient (Wildman–Crippen LogP) is 0.848. The molecule has 1 saturated carbocycles. The molecule has 0 amide bonds. The lowest BCUT2D eigenvalue weighted by atomic mass is 10.1. The minimum absolute atomic E-state index is 0.615. The van der Waals surface area contributed by atoms with Gasteiger partial charge in [-0.05, 0) is 33.2 Å². The number of nitrogens with one attached hydrogen (secondary N) is 1. The molecule has 1 N–H and O–H groups in total. The van der Waals surface area contributed by atoms with Crippen LogP contribution in [0.1, 0.15) is 26.2 Å². The van der Waals surface area contributed by atoms with Crippen LogP contribution in [0.2, 0.25) is 0 Å². The quantitative estimate of drug-likeness (QED) is 0.712. The number of morpholine rings is 1. The fourth-order valence-corrected chi connectivity index (χ4v) is 2.80. The molecule has 0 spiro atoms. The van der Waals surface area contributed by atoms with E-state index < -0.39 is 0 Å². The van der Waals surface area contributed by atoms with Gasteiger partial charge in [-0.1, -0.05) is 0 Å². The summed E-state index contributed by atoms with van der Waals surface area (Å²) in [5.74, 6) is 0. The highest BCUT2D eigenvalue weighted by molar-refractivity contribution is 4.89. The van der Waals surface area contributed by atoms with E-state index in [4.69, 9.17) is 4.74 Å². The van der Waals surface area contributed by atoms with Gasteiger partial charge in [-0.3, -0.25) is 4.90 Å². The molecule has 0 aromatic rings. The molecule has 2 fully saturated rings. The zero-order chi connectivity index (χ0) is 9.97. The lowest BCUT2D eigenvalue weighted by molar-refractivity contribution is -0.0209. The normalized spacial score (nSPS) is 40.3. The molecule has 1 saturated heterocycles. The van der Waals surface area contributed by atoms with Crippen molar-refractivity contribution in [1.29, 1.82) is 0 Å². The van der Waals surface area contributed by atoms with Gasteiger partial charge in [-0.25, -0.2) is 0 Å². The molecule has 3 nitrogen and oxygen atoms in total. The van der Waals surface area contributed by atoms with Gasteiger partial charge in [0.25, 0.3) is 0 Å². The minimum atomic E-state index is 0.615. The predicted molar refractivity (Wildman–Crippen MR) is 57.5 cm³/mol. The monoisotopic (exact) mass is 198 g/mol. The van der Waals surface area contributed by atoms with Gasteiger partial charge in [-0.2, -0.15) is 0 Å². The number of hydrogen-bond donors (Lipinski definition) is 1. The molecular formula is C11H22N2O. The van der Waals surface area contributed by atoms with E-state index in [9.17, 15) is 0 Å². The van der Waals surface area contributed by atoms with Gasteiger partial charge in [0, 0.05) is 24.7 Å². The molecule has 0 bridgehead atoms. The molecule has 2 aliphatic rings. The summed E-state index contributed by atoms with van der Waals surface area (Å²) in [6.07, 6.45) is 4.02. The van der Waals surface area contributed by atoms with Crippen LogP contribution in [0.15, 0.2) is 0 Å². The maximum atomic E-state index is 5.47. The van der Waals surface area contributed by atoms with E-state index in [2.05, 4.69) is 24.2 Å². The SMILES string of the molecule is CNC1CCC(N2CCOCC2C)C1. The molecule has 3 heteroatoms. The second-order valence-electron chi connectivity index (χ2n) is 4.61. The van der Waals surface area contributed by atoms with Crippen LogP contribution in [0.5, 0.6) is 0 Å². The fraction of sp³-hybridized carbons (Fsp3) is 1.00. The van der Waals surface area contributed by atoms with Gasteiger partial charge in [0.05, 0.1) is 13.2 Å². The molecule has 1 heterocycles. The zero-order valence-corrected chi connectivity index (χ0v) is 9.33. The van der Waals surface area contributed by atoms with Crippen molar-refractivity contribution < 1.29 is 4.74 Å². The van der Waals surface area contributed by atoms with Crippen molar-refractivity contribution in [1.82, 2.24) is 10.2 Å². The first-order valence-corrected chi connectivity index (χ1v) is 5.82. The number of rotatable bonds is 2. The maximum Gasteiger partial charge on any atom is 0.0619 e. The highest BCUT2D eigenvalue weighted by atomic mass is 16.5. The minimum Gasteiger partial charge on any atom is -0.379 e. The Morgan fingerprint density at radius 2 is 2.21 bits per heavy atom. The third-order valence-electron chi connectivity index (χ3n) is 3.70. The smallest absolute Gasteiger partial charge is 0.0619 e. The summed E-state index contributed by atoms with van der Waals surface area (Å²) in [5, 5.41) is 3.39. The third kappa shape index (κ3) is 2.10. The second kappa shape index (κ2) is 4.60. The second-order valence-corrected chi connectivity index (χ2v) is 4.61. The molecule has 3 atom stereocenters. The Kier molecular flexibility index (Phi) is 3.42. The average molecular weight is 198 g/mol. The van der Waals surface area contributed by atoms with Crippen LogP contribution in [0.25, 0.3) is 0 Å². The summed E-state index contributed by atoms with van der Waals surface area (Å²) in [6.45, 7) is 5.25. The van der Waals surface area contributed by atoms with Gasteiger partial charge in [0.1, 0.15) is 0 Å². The van der Waals surface area contributed by atoms with Crippen LogP contribution in [-0.4, -0.2) is 49.8 Å². The number of hydrogen-bond acceptors (Lipinski definition) is 3. The largest absolute Gasteiger partial charge is 0.379 e. The summed E-state index contributed by atoms with van der Waals surface area (Å²) in [7, 11) is 2.08. The number of ether oxygens (including phenoxy) is 1. The number of nitrogens with zero attached hydrogens (tertiary/aromatic N) is 1. The van der Waals surface area contributed by atoms with Crippen molar-refractivity contribution in [2.45, 2.75) is 44.3 Å². The van der Waals surface area contributed by atoms with Crippen LogP contribution < -0.4 is 5.32 Å². The van der Waals surface area contributed by atoms with E-state index in [0.29, 0.717) is 6.04 Å². The Labute approximate surface area is 86.8 Å². The van der Waals surface area contributed by atoms with E-state index in [1.54, 1.807) is 0 Å². The van der Waals surface area contributed by atoms with Crippen LogP contribution >= 0.6 is 0 Å². The van der Waals surface area contributed by atoms with Crippen molar-refractivity contribution in [3.05, 3.63) is 0 Å². The fourth-order valence-electron chi connectivity index (χ4n) is 2.80. The molecule has 2 rings (SSSR count). The Morgan fingerprint density at radius 3 is 2.86 bits per heavy atom. The first-order chi connectivity index (χ1) is 6.81. The topological polar surface area (TPSA) is 24.5 Å². The first-order valence-electron chi connectivity index (χ1n) is 5.82. The highest BCUT2D eigenvalue weighted by Gasteiger charge is 2.32.